The van der Waals surface area contributed by atoms with E-state index in [4.69, 9.17) is 16.6 Å². The summed E-state index contributed by atoms with van der Waals surface area (Å²) in [7, 11) is 0. The molecule has 2 aromatic heterocycles. The SMILES string of the molecule is CCNc1nc(C(C)C)nc(-n2nc(C)c(Cl)c2C)c1C. The molecule has 114 valence electrons. The van der Waals surface area contributed by atoms with Crippen molar-refractivity contribution in [2.45, 2.75) is 47.5 Å². The fourth-order valence-corrected chi connectivity index (χ4v) is 2.27. The Morgan fingerprint density at radius 3 is 2.33 bits per heavy atom. The molecular weight excluding hydrogens is 286 g/mol. The molecular formula is C15H22ClN5. The van der Waals surface area contributed by atoms with Crippen LogP contribution in [-0.4, -0.2) is 26.3 Å². The van der Waals surface area contributed by atoms with Crippen LogP contribution in [0.3, 0.4) is 0 Å². The van der Waals surface area contributed by atoms with E-state index in [1.165, 1.54) is 0 Å². The molecule has 21 heavy (non-hydrogen) atoms. The first kappa shape index (κ1) is 15.8. The van der Waals surface area contributed by atoms with Gasteiger partial charge in [-0.2, -0.15) is 5.10 Å². The lowest BCUT2D eigenvalue weighted by Gasteiger charge is -2.15. The quantitative estimate of drug-likeness (QED) is 0.933. The van der Waals surface area contributed by atoms with Gasteiger partial charge in [0.2, 0.25) is 0 Å². The lowest BCUT2D eigenvalue weighted by Crippen LogP contribution is -2.13. The first-order chi connectivity index (χ1) is 9.86. The molecule has 2 heterocycles. The van der Waals surface area contributed by atoms with E-state index in [1.54, 1.807) is 4.68 Å². The van der Waals surface area contributed by atoms with Crippen molar-refractivity contribution < 1.29 is 0 Å². The third-order valence-corrected chi connectivity index (χ3v) is 3.95. The zero-order chi connectivity index (χ0) is 15.7. The number of nitrogens with zero attached hydrogens (tertiary/aromatic N) is 4. The van der Waals surface area contributed by atoms with E-state index >= 15 is 0 Å². The molecule has 0 aromatic carbocycles. The molecule has 0 atom stereocenters. The van der Waals surface area contributed by atoms with Gasteiger partial charge in [0.05, 0.1) is 16.4 Å². The number of aryl methyl sites for hydroxylation is 1. The first-order valence-corrected chi connectivity index (χ1v) is 7.59. The lowest BCUT2D eigenvalue weighted by molar-refractivity contribution is 0.730. The van der Waals surface area contributed by atoms with Crippen LogP contribution in [0.1, 0.15) is 49.5 Å². The predicted octanol–water partition coefficient (Wildman–Crippen LogP) is 3.80. The number of anilines is 1. The highest BCUT2D eigenvalue weighted by Crippen LogP contribution is 2.26. The predicted molar refractivity (Wildman–Crippen MR) is 86.6 cm³/mol. The smallest absolute Gasteiger partial charge is 0.162 e. The first-order valence-electron chi connectivity index (χ1n) is 7.21. The fraction of sp³-hybridized carbons (Fsp3) is 0.533. The summed E-state index contributed by atoms with van der Waals surface area (Å²) in [5.41, 5.74) is 2.68. The van der Waals surface area contributed by atoms with Gasteiger partial charge in [-0.05, 0) is 27.7 Å². The van der Waals surface area contributed by atoms with Crippen LogP contribution in [0.15, 0.2) is 0 Å². The van der Waals surface area contributed by atoms with Crippen LogP contribution < -0.4 is 5.32 Å². The number of nitrogens with one attached hydrogen (secondary N) is 1. The minimum Gasteiger partial charge on any atom is -0.370 e. The lowest BCUT2D eigenvalue weighted by atomic mass is 10.2. The van der Waals surface area contributed by atoms with Crippen LogP contribution in [0.25, 0.3) is 5.82 Å². The topological polar surface area (TPSA) is 55.6 Å². The zero-order valence-electron chi connectivity index (χ0n) is 13.5. The van der Waals surface area contributed by atoms with E-state index < -0.39 is 0 Å². The molecule has 0 bridgehead atoms. The van der Waals surface area contributed by atoms with Crippen molar-refractivity contribution in [3.05, 3.63) is 27.8 Å². The molecule has 0 aliphatic rings. The minimum absolute atomic E-state index is 0.245. The largest absolute Gasteiger partial charge is 0.370 e. The second-order valence-corrected chi connectivity index (χ2v) is 5.84. The summed E-state index contributed by atoms with van der Waals surface area (Å²) in [5, 5.41) is 8.49. The van der Waals surface area contributed by atoms with Gasteiger partial charge in [0, 0.05) is 18.0 Å². The molecule has 0 unspecified atom stereocenters. The molecule has 0 spiro atoms. The second-order valence-electron chi connectivity index (χ2n) is 5.46. The maximum absolute atomic E-state index is 6.26. The number of aromatic nitrogens is 4. The highest BCUT2D eigenvalue weighted by molar-refractivity contribution is 6.31. The van der Waals surface area contributed by atoms with Crippen LogP contribution in [-0.2, 0) is 0 Å². The Kier molecular flexibility index (Phi) is 4.52. The molecule has 2 rings (SSSR count). The molecule has 5 nitrogen and oxygen atoms in total. The van der Waals surface area contributed by atoms with Crippen LogP contribution in [0.2, 0.25) is 5.02 Å². The van der Waals surface area contributed by atoms with Gasteiger partial charge in [-0.25, -0.2) is 14.6 Å². The van der Waals surface area contributed by atoms with E-state index in [-0.39, 0.29) is 5.92 Å². The second kappa shape index (κ2) is 6.02. The normalized spacial score (nSPS) is 11.2. The Hall–Kier alpha value is -1.62. The summed E-state index contributed by atoms with van der Waals surface area (Å²) in [6, 6.07) is 0. The highest BCUT2D eigenvalue weighted by atomic mass is 35.5. The molecule has 0 saturated carbocycles. The number of hydrogen-bond acceptors (Lipinski definition) is 4. The Labute approximate surface area is 130 Å². The molecule has 1 N–H and O–H groups in total. The molecule has 0 saturated heterocycles. The highest BCUT2D eigenvalue weighted by Gasteiger charge is 2.18. The van der Waals surface area contributed by atoms with Crippen molar-refractivity contribution >= 4 is 17.4 Å². The summed E-state index contributed by atoms with van der Waals surface area (Å²) < 4.78 is 1.81. The standard InChI is InChI=1S/C15H22ClN5/c1-7-17-14-9(4)15(19-13(18-14)8(2)3)21-11(6)12(16)10(5)20-21/h8H,7H2,1-6H3,(H,17,18,19). The number of rotatable bonds is 4. The molecule has 2 aromatic rings. The van der Waals surface area contributed by atoms with Crippen molar-refractivity contribution in [1.29, 1.82) is 0 Å². The van der Waals surface area contributed by atoms with Gasteiger partial charge in [-0.15, -0.1) is 0 Å². The van der Waals surface area contributed by atoms with Gasteiger partial charge in [0.1, 0.15) is 11.6 Å². The average molecular weight is 308 g/mol. The molecule has 0 aliphatic carbocycles. The summed E-state index contributed by atoms with van der Waals surface area (Å²) in [5.74, 6) is 2.69. The van der Waals surface area contributed by atoms with Crippen LogP contribution in [0.4, 0.5) is 5.82 Å². The molecule has 0 amide bonds. The van der Waals surface area contributed by atoms with Crippen molar-refractivity contribution in [1.82, 2.24) is 19.7 Å². The maximum atomic E-state index is 6.26. The summed E-state index contributed by atoms with van der Waals surface area (Å²) >= 11 is 6.26. The van der Waals surface area contributed by atoms with E-state index in [0.717, 1.165) is 41.0 Å². The van der Waals surface area contributed by atoms with Crippen molar-refractivity contribution in [2.75, 3.05) is 11.9 Å². The monoisotopic (exact) mass is 307 g/mol. The molecule has 0 radical (unpaired) electrons. The van der Waals surface area contributed by atoms with Gasteiger partial charge in [0.15, 0.2) is 5.82 Å². The van der Waals surface area contributed by atoms with Gasteiger partial charge >= 0.3 is 0 Å². The van der Waals surface area contributed by atoms with Crippen molar-refractivity contribution in [2.24, 2.45) is 0 Å². The number of hydrogen-bond donors (Lipinski definition) is 1. The fourth-order valence-electron chi connectivity index (χ4n) is 2.16. The number of halogens is 1. The van der Waals surface area contributed by atoms with Gasteiger partial charge < -0.3 is 5.32 Å². The van der Waals surface area contributed by atoms with Crippen molar-refractivity contribution in [3.63, 3.8) is 0 Å². The third-order valence-electron chi connectivity index (χ3n) is 3.40. The minimum atomic E-state index is 0.245. The van der Waals surface area contributed by atoms with Gasteiger partial charge in [-0.3, -0.25) is 0 Å². The van der Waals surface area contributed by atoms with Crippen LogP contribution in [0, 0.1) is 20.8 Å². The molecule has 6 heteroatoms. The van der Waals surface area contributed by atoms with E-state index in [1.807, 2.05) is 20.8 Å². The van der Waals surface area contributed by atoms with E-state index in [0.29, 0.717) is 5.02 Å². The Morgan fingerprint density at radius 1 is 1.19 bits per heavy atom. The Morgan fingerprint density at radius 2 is 1.86 bits per heavy atom. The Bertz CT molecular complexity index is 661. The van der Waals surface area contributed by atoms with E-state index in [9.17, 15) is 0 Å². The average Bonchev–Trinajstić information content (AvgIpc) is 2.69. The van der Waals surface area contributed by atoms with Crippen molar-refractivity contribution in [3.8, 4) is 5.82 Å². The summed E-state index contributed by atoms with van der Waals surface area (Å²) in [4.78, 5) is 9.30. The van der Waals surface area contributed by atoms with Crippen LogP contribution in [0.5, 0.6) is 0 Å². The summed E-state index contributed by atoms with van der Waals surface area (Å²) in [6.45, 7) is 12.9. The zero-order valence-corrected chi connectivity index (χ0v) is 14.2. The summed E-state index contributed by atoms with van der Waals surface area (Å²) in [6.07, 6.45) is 0. The van der Waals surface area contributed by atoms with Crippen LogP contribution >= 0.6 is 11.6 Å². The molecule has 0 fully saturated rings. The van der Waals surface area contributed by atoms with Gasteiger partial charge in [-0.1, -0.05) is 25.4 Å². The molecule has 0 aliphatic heterocycles. The Balaban J connectivity index is 2.69. The van der Waals surface area contributed by atoms with E-state index in [2.05, 4.69) is 36.2 Å². The maximum Gasteiger partial charge on any atom is 0.162 e. The third kappa shape index (κ3) is 2.88. The van der Waals surface area contributed by atoms with Gasteiger partial charge in [0.25, 0.3) is 0 Å².